The van der Waals surface area contributed by atoms with Gasteiger partial charge in [0.2, 0.25) is 5.16 Å². The molecule has 0 amide bonds. The highest BCUT2D eigenvalue weighted by Gasteiger charge is 2.22. The third-order valence-electron chi connectivity index (χ3n) is 2.39. The van der Waals surface area contributed by atoms with E-state index in [0.29, 0.717) is 18.1 Å². The molecule has 0 aliphatic rings. The van der Waals surface area contributed by atoms with Gasteiger partial charge in [-0.2, -0.15) is 4.68 Å². The summed E-state index contributed by atoms with van der Waals surface area (Å²) in [7, 11) is 0. The van der Waals surface area contributed by atoms with Gasteiger partial charge in [0.25, 0.3) is 0 Å². The first-order valence-corrected chi connectivity index (χ1v) is 6.53. The van der Waals surface area contributed by atoms with Gasteiger partial charge in [0, 0.05) is 0 Å². The quantitative estimate of drug-likeness (QED) is 0.744. The summed E-state index contributed by atoms with van der Waals surface area (Å²) in [4.78, 5) is 11.1. The van der Waals surface area contributed by atoms with E-state index in [1.54, 1.807) is 0 Å². The number of para-hydroxylation sites is 1. The molecule has 0 fully saturated rings. The van der Waals surface area contributed by atoms with E-state index in [-0.39, 0.29) is 0 Å². The zero-order valence-corrected chi connectivity index (χ0v) is 10.8. The normalized spacial score (nSPS) is 12.3. The van der Waals surface area contributed by atoms with E-state index in [4.69, 9.17) is 10.8 Å². The zero-order valence-electron chi connectivity index (χ0n) is 10.0. The van der Waals surface area contributed by atoms with E-state index >= 15 is 0 Å². The number of nitrogens with two attached hydrogens (primary N) is 1. The third kappa shape index (κ3) is 3.30. The second kappa shape index (κ2) is 6.30. The molecule has 0 saturated heterocycles. The number of nitrogens with zero attached hydrogens (tertiary/aromatic N) is 4. The monoisotopic (exact) mass is 279 g/mol. The minimum absolute atomic E-state index is 0.302. The van der Waals surface area contributed by atoms with Gasteiger partial charge in [-0.3, -0.25) is 4.79 Å². The molecule has 1 unspecified atom stereocenters. The van der Waals surface area contributed by atoms with Gasteiger partial charge in [-0.15, -0.1) is 5.10 Å². The topological polar surface area (TPSA) is 107 Å². The fraction of sp³-hybridized carbons (Fsp3) is 0.273. The highest BCUT2D eigenvalue weighted by molar-refractivity contribution is 8.00. The Morgan fingerprint density at radius 3 is 2.79 bits per heavy atom. The molecular weight excluding hydrogens is 266 g/mol. The molecule has 100 valence electrons. The Kier molecular flexibility index (Phi) is 4.48. The molecule has 0 spiro atoms. The van der Waals surface area contributed by atoms with Crippen molar-refractivity contribution in [1.82, 2.24) is 20.2 Å². The smallest absolute Gasteiger partial charge is 0.317 e. The van der Waals surface area contributed by atoms with Gasteiger partial charge < -0.3 is 10.8 Å². The summed E-state index contributed by atoms with van der Waals surface area (Å²) in [5, 5.41) is 20.2. The van der Waals surface area contributed by atoms with Crippen molar-refractivity contribution in [2.24, 2.45) is 5.73 Å². The van der Waals surface area contributed by atoms with E-state index in [0.717, 1.165) is 17.4 Å². The molecule has 1 aromatic heterocycles. The lowest BCUT2D eigenvalue weighted by atomic mass is 10.3. The van der Waals surface area contributed by atoms with Gasteiger partial charge in [-0.25, -0.2) is 0 Å². The van der Waals surface area contributed by atoms with E-state index in [1.807, 2.05) is 30.3 Å². The highest BCUT2D eigenvalue weighted by atomic mass is 32.2. The van der Waals surface area contributed by atoms with Crippen LogP contribution in [0.3, 0.4) is 0 Å². The third-order valence-corrected chi connectivity index (χ3v) is 3.58. The SMILES string of the molecule is NCCC(Sc1nnnn1-c1ccccc1)C(=O)O. The fourth-order valence-corrected chi connectivity index (χ4v) is 2.43. The maximum atomic E-state index is 11.1. The molecule has 1 heterocycles. The highest BCUT2D eigenvalue weighted by Crippen LogP contribution is 2.24. The lowest BCUT2D eigenvalue weighted by Crippen LogP contribution is -2.21. The number of benzene rings is 1. The Hall–Kier alpha value is -1.93. The predicted octanol–water partition coefficient (Wildman–Crippen LogP) is 0.556. The Labute approximate surface area is 113 Å². The van der Waals surface area contributed by atoms with Crippen LogP contribution in [0.1, 0.15) is 6.42 Å². The summed E-state index contributed by atoms with van der Waals surface area (Å²) in [6.45, 7) is 0.302. The van der Waals surface area contributed by atoms with Crippen molar-refractivity contribution in [2.45, 2.75) is 16.8 Å². The van der Waals surface area contributed by atoms with Gasteiger partial charge in [0.1, 0.15) is 5.25 Å². The fourth-order valence-electron chi connectivity index (χ4n) is 1.50. The van der Waals surface area contributed by atoms with E-state index in [9.17, 15) is 4.79 Å². The minimum atomic E-state index is -0.918. The summed E-state index contributed by atoms with van der Waals surface area (Å²) in [6.07, 6.45) is 0.363. The largest absolute Gasteiger partial charge is 0.480 e. The van der Waals surface area contributed by atoms with Crippen LogP contribution in [0.4, 0.5) is 0 Å². The standard InChI is InChI=1S/C11H13N5O2S/c12-7-6-9(10(17)18)19-11-13-14-15-16(11)8-4-2-1-3-5-8/h1-5,9H,6-7,12H2,(H,17,18). The summed E-state index contributed by atoms with van der Waals surface area (Å²) in [6, 6.07) is 9.30. The average molecular weight is 279 g/mol. The summed E-state index contributed by atoms with van der Waals surface area (Å²) in [5.74, 6) is -0.918. The molecule has 0 aliphatic heterocycles. The van der Waals surface area contributed by atoms with Crippen molar-refractivity contribution < 1.29 is 9.90 Å². The van der Waals surface area contributed by atoms with Crippen molar-refractivity contribution in [3.63, 3.8) is 0 Å². The molecule has 2 aromatic rings. The predicted molar refractivity (Wildman–Crippen MR) is 70.1 cm³/mol. The number of rotatable bonds is 6. The number of aromatic nitrogens is 4. The maximum absolute atomic E-state index is 11.1. The van der Waals surface area contributed by atoms with E-state index < -0.39 is 11.2 Å². The second-order valence-corrected chi connectivity index (χ2v) is 4.90. The van der Waals surface area contributed by atoms with Crippen LogP contribution < -0.4 is 5.73 Å². The van der Waals surface area contributed by atoms with Crippen molar-refractivity contribution >= 4 is 17.7 Å². The molecule has 7 nitrogen and oxygen atoms in total. The van der Waals surface area contributed by atoms with Gasteiger partial charge in [0.05, 0.1) is 5.69 Å². The molecular formula is C11H13N5O2S. The molecule has 1 aromatic carbocycles. The van der Waals surface area contributed by atoms with Crippen molar-refractivity contribution in [2.75, 3.05) is 6.54 Å². The van der Waals surface area contributed by atoms with Crippen molar-refractivity contribution in [3.8, 4) is 5.69 Å². The number of tetrazole rings is 1. The molecule has 0 bridgehead atoms. The van der Waals surface area contributed by atoms with Gasteiger partial charge in [-0.05, 0) is 35.5 Å². The first kappa shape index (κ1) is 13.5. The molecule has 0 saturated carbocycles. The van der Waals surface area contributed by atoms with Crippen LogP contribution in [0.25, 0.3) is 5.69 Å². The lowest BCUT2D eigenvalue weighted by Gasteiger charge is -2.10. The number of carboxylic acids is 1. The van der Waals surface area contributed by atoms with E-state index in [2.05, 4.69) is 15.5 Å². The number of carbonyl (C=O) groups is 1. The number of hydrogen-bond acceptors (Lipinski definition) is 6. The maximum Gasteiger partial charge on any atom is 0.317 e. The van der Waals surface area contributed by atoms with Crippen molar-refractivity contribution in [3.05, 3.63) is 30.3 Å². The van der Waals surface area contributed by atoms with Crippen LogP contribution in [0.15, 0.2) is 35.5 Å². The van der Waals surface area contributed by atoms with Crippen LogP contribution in [-0.4, -0.2) is 43.1 Å². The molecule has 3 N–H and O–H groups in total. The lowest BCUT2D eigenvalue weighted by molar-refractivity contribution is -0.136. The number of hydrogen-bond donors (Lipinski definition) is 2. The zero-order chi connectivity index (χ0) is 13.7. The van der Waals surface area contributed by atoms with Crippen LogP contribution in [0.2, 0.25) is 0 Å². The average Bonchev–Trinajstić information content (AvgIpc) is 2.87. The number of aliphatic carboxylic acids is 1. The molecule has 1 atom stereocenters. The summed E-state index contributed by atoms with van der Waals surface area (Å²) >= 11 is 1.10. The van der Waals surface area contributed by atoms with Crippen LogP contribution >= 0.6 is 11.8 Å². The van der Waals surface area contributed by atoms with Crippen LogP contribution in [0.5, 0.6) is 0 Å². The second-order valence-electron chi connectivity index (χ2n) is 3.73. The molecule has 0 radical (unpaired) electrons. The first-order valence-electron chi connectivity index (χ1n) is 5.65. The summed E-state index contributed by atoms with van der Waals surface area (Å²) < 4.78 is 1.51. The summed E-state index contributed by atoms with van der Waals surface area (Å²) in [5.41, 5.74) is 6.19. The first-order chi connectivity index (χ1) is 9.22. The Balaban J connectivity index is 2.22. The number of thioether (sulfide) groups is 1. The van der Waals surface area contributed by atoms with Crippen molar-refractivity contribution in [1.29, 1.82) is 0 Å². The Morgan fingerprint density at radius 2 is 2.16 bits per heavy atom. The molecule has 0 aliphatic carbocycles. The van der Waals surface area contributed by atoms with Gasteiger partial charge in [0.15, 0.2) is 0 Å². The molecule has 2 rings (SSSR count). The number of carboxylic acid groups (broad SMARTS) is 1. The van der Waals surface area contributed by atoms with Gasteiger partial charge in [-0.1, -0.05) is 30.0 Å². The molecule has 19 heavy (non-hydrogen) atoms. The minimum Gasteiger partial charge on any atom is -0.480 e. The van der Waals surface area contributed by atoms with Gasteiger partial charge >= 0.3 is 5.97 Å². The Morgan fingerprint density at radius 1 is 1.42 bits per heavy atom. The molecule has 8 heteroatoms. The van der Waals surface area contributed by atoms with Crippen LogP contribution in [-0.2, 0) is 4.79 Å². The Bertz CT molecular complexity index is 545. The van der Waals surface area contributed by atoms with E-state index in [1.165, 1.54) is 4.68 Å². The van der Waals surface area contributed by atoms with Crippen LogP contribution in [0, 0.1) is 0 Å².